The molecule has 1 fully saturated rings. The van der Waals surface area contributed by atoms with Gasteiger partial charge in [-0.3, -0.25) is 4.90 Å². The predicted octanol–water partition coefficient (Wildman–Crippen LogP) is -0.437. The van der Waals surface area contributed by atoms with Crippen LogP contribution in [0.3, 0.4) is 0 Å². The number of hydrogen-bond acceptors (Lipinski definition) is 5. The third-order valence-electron chi connectivity index (χ3n) is 3.57. The van der Waals surface area contributed by atoms with Crippen LogP contribution in [-0.4, -0.2) is 56.1 Å². The van der Waals surface area contributed by atoms with E-state index in [0.717, 1.165) is 5.56 Å². The van der Waals surface area contributed by atoms with Gasteiger partial charge in [-0.15, -0.1) is 0 Å². The van der Waals surface area contributed by atoms with E-state index < -0.39 is 15.4 Å². The van der Waals surface area contributed by atoms with Gasteiger partial charge in [0.05, 0.1) is 11.5 Å². The first-order valence-corrected chi connectivity index (χ1v) is 8.18. The van der Waals surface area contributed by atoms with Gasteiger partial charge in [-0.2, -0.15) is 0 Å². The lowest BCUT2D eigenvalue weighted by Crippen LogP contribution is -2.50. The lowest BCUT2D eigenvalue weighted by Gasteiger charge is -2.35. The first kappa shape index (κ1) is 14.5. The van der Waals surface area contributed by atoms with E-state index in [1.54, 1.807) is 0 Å². The Morgan fingerprint density at radius 2 is 1.79 bits per heavy atom. The number of β-amino-alcohol motifs (C(OH)–C–C–N with tert-alkyl or cyclic N) is 1. The second kappa shape index (κ2) is 5.58. The van der Waals surface area contributed by atoms with Crippen molar-refractivity contribution in [2.45, 2.75) is 5.60 Å². The summed E-state index contributed by atoms with van der Waals surface area (Å²) in [7, 11) is -2.90. The molecule has 6 heteroatoms. The van der Waals surface area contributed by atoms with Crippen LogP contribution in [0.2, 0.25) is 0 Å². The molecule has 1 aromatic carbocycles. The van der Waals surface area contributed by atoms with Gasteiger partial charge < -0.3 is 10.8 Å². The maximum Gasteiger partial charge on any atom is 0.152 e. The molecule has 5 nitrogen and oxygen atoms in total. The Morgan fingerprint density at radius 3 is 2.32 bits per heavy atom. The van der Waals surface area contributed by atoms with E-state index in [9.17, 15) is 13.5 Å². The van der Waals surface area contributed by atoms with Gasteiger partial charge in [0.2, 0.25) is 0 Å². The van der Waals surface area contributed by atoms with Crippen molar-refractivity contribution in [1.82, 2.24) is 4.90 Å². The number of hydrogen-bond donors (Lipinski definition) is 2. The fourth-order valence-corrected chi connectivity index (χ4v) is 3.58. The molecule has 1 heterocycles. The quantitative estimate of drug-likeness (QED) is 0.783. The van der Waals surface area contributed by atoms with Crippen molar-refractivity contribution in [3.63, 3.8) is 0 Å². The fourth-order valence-electron chi connectivity index (χ4n) is 2.30. The minimum absolute atomic E-state index is 0.111. The number of nitrogens with two attached hydrogens (primary N) is 1. The molecular weight excluding hydrogens is 264 g/mol. The minimum Gasteiger partial charge on any atom is -0.382 e. The molecule has 0 saturated carbocycles. The second-order valence-electron chi connectivity index (χ2n) is 5.03. The largest absolute Gasteiger partial charge is 0.382 e. The van der Waals surface area contributed by atoms with E-state index in [1.165, 1.54) is 0 Å². The van der Waals surface area contributed by atoms with Gasteiger partial charge in [0.25, 0.3) is 0 Å². The van der Waals surface area contributed by atoms with Crippen molar-refractivity contribution in [2.75, 3.05) is 37.7 Å². The molecule has 0 aromatic heterocycles. The summed E-state index contributed by atoms with van der Waals surface area (Å²) in [5, 5.41) is 10.7. The molecule has 1 aromatic rings. The number of rotatable bonds is 4. The molecule has 106 valence electrons. The van der Waals surface area contributed by atoms with Crippen molar-refractivity contribution in [3.8, 4) is 0 Å². The van der Waals surface area contributed by atoms with Crippen molar-refractivity contribution in [2.24, 2.45) is 5.73 Å². The molecule has 1 saturated heterocycles. The van der Waals surface area contributed by atoms with Crippen LogP contribution in [0.15, 0.2) is 30.3 Å². The van der Waals surface area contributed by atoms with Crippen LogP contribution in [0.5, 0.6) is 0 Å². The lowest BCUT2D eigenvalue weighted by atomic mass is 9.93. The monoisotopic (exact) mass is 284 g/mol. The summed E-state index contributed by atoms with van der Waals surface area (Å²) in [4.78, 5) is 1.96. The SMILES string of the molecule is NCC(O)(CN1CCS(=O)(=O)CC1)c1ccccc1. The Kier molecular flexibility index (Phi) is 4.25. The molecule has 1 unspecified atom stereocenters. The van der Waals surface area contributed by atoms with Crippen LogP contribution >= 0.6 is 0 Å². The van der Waals surface area contributed by atoms with Crippen molar-refractivity contribution >= 4 is 9.84 Å². The van der Waals surface area contributed by atoms with E-state index in [4.69, 9.17) is 5.73 Å². The zero-order valence-electron chi connectivity index (χ0n) is 10.8. The van der Waals surface area contributed by atoms with Gasteiger partial charge in [-0.25, -0.2) is 8.42 Å². The minimum atomic E-state index is -2.90. The smallest absolute Gasteiger partial charge is 0.152 e. The predicted molar refractivity (Wildman–Crippen MR) is 74.5 cm³/mol. The maximum atomic E-state index is 11.4. The number of aliphatic hydroxyl groups is 1. The highest BCUT2D eigenvalue weighted by Crippen LogP contribution is 2.22. The Balaban J connectivity index is 2.08. The van der Waals surface area contributed by atoms with Gasteiger partial charge in [0.1, 0.15) is 5.60 Å². The van der Waals surface area contributed by atoms with E-state index in [0.29, 0.717) is 19.6 Å². The normalized spacial score (nSPS) is 22.8. The summed E-state index contributed by atoms with van der Waals surface area (Å²) in [6, 6.07) is 9.28. The van der Waals surface area contributed by atoms with E-state index in [1.807, 2.05) is 35.2 Å². The van der Waals surface area contributed by atoms with E-state index in [-0.39, 0.29) is 18.1 Å². The molecule has 1 aliphatic rings. The van der Waals surface area contributed by atoms with Crippen LogP contribution in [0.4, 0.5) is 0 Å². The number of nitrogens with zero attached hydrogens (tertiary/aromatic N) is 1. The molecule has 3 N–H and O–H groups in total. The van der Waals surface area contributed by atoms with Gasteiger partial charge in [0, 0.05) is 26.2 Å². The zero-order valence-corrected chi connectivity index (χ0v) is 11.6. The Hall–Kier alpha value is -0.950. The van der Waals surface area contributed by atoms with E-state index >= 15 is 0 Å². The maximum absolute atomic E-state index is 11.4. The molecule has 0 spiro atoms. The van der Waals surface area contributed by atoms with Crippen LogP contribution in [0, 0.1) is 0 Å². The molecule has 0 bridgehead atoms. The van der Waals surface area contributed by atoms with Gasteiger partial charge >= 0.3 is 0 Å². The Labute approximate surface area is 113 Å². The molecule has 0 amide bonds. The zero-order chi connectivity index (χ0) is 13.9. The van der Waals surface area contributed by atoms with Crippen molar-refractivity contribution < 1.29 is 13.5 Å². The number of sulfone groups is 1. The standard InChI is InChI=1S/C13H20N2O3S/c14-10-13(16,12-4-2-1-3-5-12)11-15-6-8-19(17,18)9-7-15/h1-5,16H,6-11,14H2. The first-order chi connectivity index (χ1) is 8.95. The Morgan fingerprint density at radius 1 is 1.21 bits per heavy atom. The molecule has 2 rings (SSSR count). The average Bonchev–Trinajstić information content (AvgIpc) is 2.42. The summed E-state index contributed by atoms with van der Waals surface area (Å²) in [6.45, 7) is 1.39. The van der Waals surface area contributed by atoms with Crippen molar-refractivity contribution in [1.29, 1.82) is 0 Å². The average molecular weight is 284 g/mol. The van der Waals surface area contributed by atoms with Crippen molar-refractivity contribution in [3.05, 3.63) is 35.9 Å². The molecule has 0 radical (unpaired) electrons. The summed E-state index contributed by atoms with van der Waals surface area (Å²) in [6.07, 6.45) is 0. The highest BCUT2D eigenvalue weighted by molar-refractivity contribution is 7.91. The Bertz CT molecular complexity index is 504. The highest BCUT2D eigenvalue weighted by atomic mass is 32.2. The van der Waals surface area contributed by atoms with Gasteiger partial charge in [-0.1, -0.05) is 30.3 Å². The second-order valence-corrected chi connectivity index (χ2v) is 7.33. The summed E-state index contributed by atoms with van der Waals surface area (Å²) < 4.78 is 22.8. The first-order valence-electron chi connectivity index (χ1n) is 6.36. The molecule has 0 aliphatic carbocycles. The molecular formula is C13H20N2O3S. The van der Waals surface area contributed by atoms with E-state index in [2.05, 4.69) is 0 Å². The fraction of sp³-hybridized carbons (Fsp3) is 0.538. The highest BCUT2D eigenvalue weighted by Gasteiger charge is 2.32. The lowest BCUT2D eigenvalue weighted by molar-refractivity contribution is 0.00906. The topological polar surface area (TPSA) is 83.6 Å². The van der Waals surface area contributed by atoms with Crippen LogP contribution in [-0.2, 0) is 15.4 Å². The summed E-state index contributed by atoms with van der Waals surface area (Å²) >= 11 is 0. The summed E-state index contributed by atoms with van der Waals surface area (Å²) in [5.74, 6) is 0.310. The van der Waals surface area contributed by atoms with Crippen LogP contribution in [0.25, 0.3) is 0 Å². The molecule has 1 aliphatic heterocycles. The number of benzene rings is 1. The van der Waals surface area contributed by atoms with Crippen LogP contribution in [0.1, 0.15) is 5.56 Å². The van der Waals surface area contributed by atoms with Crippen LogP contribution < -0.4 is 5.73 Å². The van der Waals surface area contributed by atoms with Gasteiger partial charge in [0.15, 0.2) is 9.84 Å². The summed E-state index contributed by atoms with van der Waals surface area (Å²) in [5.41, 5.74) is 5.36. The molecule has 1 atom stereocenters. The third kappa shape index (κ3) is 3.54. The van der Waals surface area contributed by atoms with Gasteiger partial charge in [-0.05, 0) is 5.56 Å². The third-order valence-corrected chi connectivity index (χ3v) is 5.18. The molecule has 19 heavy (non-hydrogen) atoms.